The standard InChI is InChI=1S/C19H20BrClN2O3/c1-4-12(2)26-18-16(21)9-13(10-17(18)25-3)11-22-23-19(24)14-7-5-6-8-15(14)20/h5-12H,4H2,1-3H3,(H,23,24)/b22-11-/t12-/m1/s1. The summed E-state index contributed by atoms with van der Waals surface area (Å²) >= 11 is 9.65. The summed E-state index contributed by atoms with van der Waals surface area (Å²) in [6.45, 7) is 3.99. The molecular weight excluding hydrogens is 420 g/mol. The number of carbonyl (C=O) groups is 1. The summed E-state index contributed by atoms with van der Waals surface area (Å²) in [4.78, 5) is 12.1. The lowest BCUT2D eigenvalue weighted by Crippen LogP contribution is -2.18. The van der Waals surface area contributed by atoms with Crippen molar-refractivity contribution in [1.29, 1.82) is 0 Å². The minimum absolute atomic E-state index is 0.0181. The lowest BCUT2D eigenvalue weighted by molar-refractivity contribution is 0.0954. The van der Waals surface area contributed by atoms with Gasteiger partial charge in [-0.2, -0.15) is 5.10 Å². The maximum Gasteiger partial charge on any atom is 0.272 e. The first-order chi connectivity index (χ1) is 12.5. The molecule has 7 heteroatoms. The number of nitrogens with one attached hydrogen (secondary N) is 1. The summed E-state index contributed by atoms with van der Waals surface area (Å²) in [5, 5.41) is 4.40. The lowest BCUT2D eigenvalue weighted by atomic mass is 10.2. The van der Waals surface area contributed by atoms with Gasteiger partial charge in [-0.1, -0.05) is 30.7 Å². The van der Waals surface area contributed by atoms with Gasteiger partial charge in [0, 0.05) is 4.47 Å². The number of halogens is 2. The second kappa shape index (κ2) is 9.59. The van der Waals surface area contributed by atoms with Crippen molar-refractivity contribution in [3.05, 3.63) is 57.0 Å². The molecule has 0 spiro atoms. The van der Waals surface area contributed by atoms with E-state index >= 15 is 0 Å². The molecule has 26 heavy (non-hydrogen) atoms. The van der Waals surface area contributed by atoms with Crippen molar-refractivity contribution in [2.75, 3.05) is 7.11 Å². The molecule has 2 aromatic carbocycles. The molecule has 0 aliphatic carbocycles. The topological polar surface area (TPSA) is 59.9 Å². The normalized spacial score (nSPS) is 12.0. The van der Waals surface area contributed by atoms with Gasteiger partial charge in [0.05, 0.1) is 30.0 Å². The summed E-state index contributed by atoms with van der Waals surface area (Å²) in [7, 11) is 1.55. The zero-order valence-corrected chi connectivity index (χ0v) is 17.1. The zero-order chi connectivity index (χ0) is 19.1. The molecule has 0 aliphatic rings. The molecule has 0 fully saturated rings. The van der Waals surface area contributed by atoms with Crippen LogP contribution < -0.4 is 14.9 Å². The molecule has 0 saturated carbocycles. The van der Waals surface area contributed by atoms with E-state index in [2.05, 4.69) is 26.5 Å². The van der Waals surface area contributed by atoms with E-state index in [1.165, 1.54) is 6.21 Å². The maximum absolute atomic E-state index is 12.1. The Kier molecular flexibility index (Phi) is 7.48. The van der Waals surface area contributed by atoms with E-state index in [1.807, 2.05) is 19.9 Å². The molecular formula is C19H20BrClN2O3. The quantitative estimate of drug-likeness (QED) is 0.485. The molecule has 5 nitrogen and oxygen atoms in total. The highest BCUT2D eigenvalue weighted by Gasteiger charge is 2.14. The van der Waals surface area contributed by atoms with Crippen LogP contribution in [0.25, 0.3) is 0 Å². The van der Waals surface area contributed by atoms with Crippen LogP contribution in [0, 0.1) is 0 Å². The van der Waals surface area contributed by atoms with E-state index in [-0.39, 0.29) is 12.0 Å². The first-order valence-electron chi connectivity index (χ1n) is 8.08. The van der Waals surface area contributed by atoms with Crippen LogP contribution >= 0.6 is 27.5 Å². The summed E-state index contributed by atoms with van der Waals surface area (Å²) in [6.07, 6.45) is 2.37. The van der Waals surface area contributed by atoms with E-state index in [9.17, 15) is 4.79 Å². The van der Waals surface area contributed by atoms with Gasteiger partial charge < -0.3 is 9.47 Å². The average molecular weight is 440 g/mol. The molecule has 1 amide bonds. The summed E-state index contributed by atoms with van der Waals surface area (Å²) < 4.78 is 11.9. The molecule has 0 aromatic heterocycles. The molecule has 0 bridgehead atoms. The Bertz CT molecular complexity index is 811. The Morgan fingerprint density at radius 3 is 2.77 bits per heavy atom. The zero-order valence-electron chi connectivity index (χ0n) is 14.8. The number of carbonyl (C=O) groups excluding carboxylic acids is 1. The summed E-state index contributed by atoms with van der Waals surface area (Å²) in [6, 6.07) is 10.6. The molecule has 0 aliphatic heterocycles. The second-order valence-corrected chi connectivity index (χ2v) is 6.81. The molecule has 1 atom stereocenters. The Hall–Kier alpha value is -2.05. The number of benzene rings is 2. The third-order valence-corrected chi connectivity index (χ3v) is 4.62. The molecule has 2 rings (SSSR count). The van der Waals surface area contributed by atoms with Crippen LogP contribution in [0.1, 0.15) is 36.2 Å². The number of hydrogen-bond acceptors (Lipinski definition) is 4. The van der Waals surface area contributed by atoms with E-state index in [1.54, 1.807) is 37.4 Å². The van der Waals surface area contributed by atoms with Crippen LogP contribution in [0.15, 0.2) is 46.0 Å². The monoisotopic (exact) mass is 438 g/mol. The summed E-state index contributed by atoms with van der Waals surface area (Å²) in [5.41, 5.74) is 3.66. The molecule has 138 valence electrons. The number of hydrazone groups is 1. The third-order valence-electron chi connectivity index (χ3n) is 3.64. The van der Waals surface area contributed by atoms with Crippen molar-refractivity contribution in [1.82, 2.24) is 5.43 Å². The smallest absolute Gasteiger partial charge is 0.272 e. The Labute approximate surface area is 166 Å². The summed E-state index contributed by atoms with van der Waals surface area (Å²) in [5.74, 6) is 0.692. The fraction of sp³-hybridized carbons (Fsp3) is 0.263. The van der Waals surface area contributed by atoms with Gasteiger partial charge >= 0.3 is 0 Å². The van der Waals surface area contributed by atoms with Gasteiger partial charge in [0.15, 0.2) is 11.5 Å². The molecule has 0 saturated heterocycles. The minimum Gasteiger partial charge on any atom is -0.493 e. The van der Waals surface area contributed by atoms with Crippen molar-refractivity contribution < 1.29 is 14.3 Å². The number of rotatable bonds is 7. The van der Waals surface area contributed by atoms with Gasteiger partial charge in [0.2, 0.25) is 0 Å². The Morgan fingerprint density at radius 2 is 2.12 bits per heavy atom. The van der Waals surface area contributed by atoms with Gasteiger partial charge in [-0.15, -0.1) is 0 Å². The molecule has 0 unspecified atom stereocenters. The van der Waals surface area contributed by atoms with Crippen LogP contribution in [0.2, 0.25) is 5.02 Å². The number of hydrogen-bond donors (Lipinski definition) is 1. The highest BCUT2D eigenvalue weighted by Crippen LogP contribution is 2.37. The minimum atomic E-state index is -0.316. The number of amides is 1. The van der Waals surface area contributed by atoms with Crippen molar-refractivity contribution in [3.8, 4) is 11.5 Å². The molecule has 0 radical (unpaired) electrons. The predicted molar refractivity (Wildman–Crippen MR) is 108 cm³/mol. The van der Waals surface area contributed by atoms with Crippen LogP contribution in [0.3, 0.4) is 0 Å². The third kappa shape index (κ3) is 5.22. The number of ether oxygens (including phenoxy) is 2. The lowest BCUT2D eigenvalue weighted by Gasteiger charge is -2.17. The van der Waals surface area contributed by atoms with E-state index in [0.717, 1.165) is 6.42 Å². The van der Waals surface area contributed by atoms with Gasteiger partial charge in [0.1, 0.15) is 0 Å². The largest absolute Gasteiger partial charge is 0.493 e. The van der Waals surface area contributed by atoms with Crippen LogP contribution in [0.5, 0.6) is 11.5 Å². The number of methoxy groups -OCH3 is 1. The first-order valence-corrected chi connectivity index (χ1v) is 9.25. The van der Waals surface area contributed by atoms with Crippen molar-refractivity contribution in [2.45, 2.75) is 26.4 Å². The molecule has 1 N–H and O–H groups in total. The van der Waals surface area contributed by atoms with Crippen molar-refractivity contribution in [3.63, 3.8) is 0 Å². The maximum atomic E-state index is 12.1. The highest BCUT2D eigenvalue weighted by atomic mass is 79.9. The Balaban J connectivity index is 2.14. The van der Waals surface area contributed by atoms with Crippen LogP contribution in [-0.4, -0.2) is 25.3 Å². The fourth-order valence-corrected chi connectivity index (χ4v) is 2.81. The fourth-order valence-electron chi connectivity index (χ4n) is 2.08. The first kappa shape index (κ1) is 20.3. The van der Waals surface area contributed by atoms with Gasteiger partial charge in [-0.3, -0.25) is 4.79 Å². The van der Waals surface area contributed by atoms with Crippen molar-refractivity contribution >= 4 is 39.7 Å². The van der Waals surface area contributed by atoms with Crippen LogP contribution in [0.4, 0.5) is 0 Å². The molecule has 2 aromatic rings. The Morgan fingerprint density at radius 1 is 1.38 bits per heavy atom. The van der Waals surface area contributed by atoms with Gasteiger partial charge in [0.25, 0.3) is 5.91 Å². The van der Waals surface area contributed by atoms with E-state index in [0.29, 0.717) is 32.1 Å². The second-order valence-electron chi connectivity index (χ2n) is 5.55. The predicted octanol–water partition coefficient (Wildman–Crippen LogP) is 5.05. The van der Waals surface area contributed by atoms with E-state index < -0.39 is 0 Å². The molecule has 0 heterocycles. The van der Waals surface area contributed by atoms with Gasteiger partial charge in [-0.05, 0) is 59.1 Å². The van der Waals surface area contributed by atoms with Gasteiger partial charge in [-0.25, -0.2) is 5.43 Å². The SMILES string of the molecule is CC[C@@H](C)Oc1c(Cl)cc(/C=N\NC(=O)c2ccccc2Br)cc1OC. The van der Waals surface area contributed by atoms with Crippen LogP contribution in [-0.2, 0) is 0 Å². The number of nitrogens with zero attached hydrogens (tertiary/aromatic N) is 1. The van der Waals surface area contributed by atoms with E-state index in [4.69, 9.17) is 21.1 Å². The van der Waals surface area contributed by atoms with Crippen molar-refractivity contribution in [2.24, 2.45) is 5.10 Å². The highest BCUT2D eigenvalue weighted by molar-refractivity contribution is 9.10. The average Bonchev–Trinajstić information content (AvgIpc) is 2.63.